The van der Waals surface area contributed by atoms with Crippen molar-refractivity contribution >= 4 is 33.1 Å². The molecule has 9 nitrogen and oxygen atoms in total. The lowest BCUT2D eigenvalue weighted by Gasteiger charge is -2.33. The molecule has 0 saturated carbocycles. The number of sulfonamides is 1. The molecule has 10 heteroatoms. The van der Waals surface area contributed by atoms with Gasteiger partial charge in [-0.25, -0.2) is 13.2 Å². The van der Waals surface area contributed by atoms with Gasteiger partial charge in [-0.05, 0) is 35.9 Å². The Morgan fingerprint density at radius 1 is 1.06 bits per heavy atom. The second kappa shape index (κ2) is 8.64. The number of carbonyl (C=O) groups is 1. The topological polar surface area (TPSA) is 102 Å². The van der Waals surface area contributed by atoms with Gasteiger partial charge in [-0.1, -0.05) is 12.1 Å². The van der Waals surface area contributed by atoms with Crippen LogP contribution in [0.2, 0.25) is 0 Å². The van der Waals surface area contributed by atoms with E-state index in [0.29, 0.717) is 5.52 Å². The number of oxazole rings is 1. The third kappa shape index (κ3) is 4.19. The molecule has 2 heterocycles. The highest BCUT2D eigenvalue weighted by atomic mass is 32.2. The molecule has 1 fully saturated rings. The van der Waals surface area contributed by atoms with Gasteiger partial charge < -0.3 is 14.1 Å². The maximum atomic E-state index is 13.0. The van der Waals surface area contributed by atoms with Crippen LogP contribution < -0.4 is 10.5 Å². The Morgan fingerprint density at radius 3 is 2.41 bits per heavy atom. The summed E-state index contributed by atoms with van der Waals surface area (Å²) in [6.07, 6.45) is 3.20. The van der Waals surface area contributed by atoms with Crippen molar-refractivity contribution in [2.75, 3.05) is 33.3 Å². The lowest BCUT2D eigenvalue weighted by Crippen LogP contribution is -2.50. The fraction of sp³-hybridized carbons (Fsp3) is 0.273. The molecule has 2 aromatic carbocycles. The number of ether oxygens (including phenoxy) is 1. The third-order valence-electron chi connectivity index (χ3n) is 5.49. The van der Waals surface area contributed by atoms with Gasteiger partial charge in [-0.15, -0.1) is 0 Å². The van der Waals surface area contributed by atoms with Gasteiger partial charge in [0.2, 0.25) is 15.9 Å². The van der Waals surface area contributed by atoms with E-state index in [4.69, 9.17) is 9.15 Å². The van der Waals surface area contributed by atoms with Crippen LogP contribution >= 0.6 is 0 Å². The lowest BCUT2D eigenvalue weighted by atomic mass is 10.2. The first-order chi connectivity index (χ1) is 15.3. The van der Waals surface area contributed by atoms with Crippen LogP contribution in [-0.2, 0) is 21.9 Å². The molecular weight excluding hydrogens is 434 g/mol. The van der Waals surface area contributed by atoms with Crippen LogP contribution in [0.3, 0.4) is 0 Å². The minimum atomic E-state index is -3.77. The summed E-state index contributed by atoms with van der Waals surface area (Å²) in [7, 11) is -0.628. The van der Waals surface area contributed by atoms with E-state index >= 15 is 0 Å². The molecule has 0 atom stereocenters. The fourth-order valence-corrected chi connectivity index (χ4v) is 5.00. The summed E-state index contributed by atoms with van der Waals surface area (Å²) in [5, 5.41) is 0. The summed E-state index contributed by atoms with van der Waals surface area (Å²) in [6, 6.07) is 11.7. The highest BCUT2D eigenvalue weighted by Crippen LogP contribution is 2.22. The van der Waals surface area contributed by atoms with Gasteiger partial charge in [0.15, 0.2) is 5.58 Å². The summed E-state index contributed by atoms with van der Waals surface area (Å²) < 4.78 is 38.9. The smallest absolute Gasteiger partial charge is 0.419 e. The number of nitrogens with zero attached hydrogens (tertiary/aromatic N) is 3. The number of methoxy groups -OCH3 is 1. The van der Waals surface area contributed by atoms with Crippen molar-refractivity contribution in [1.82, 2.24) is 13.8 Å². The van der Waals surface area contributed by atoms with Gasteiger partial charge in [-0.3, -0.25) is 9.36 Å². The third-order valence-corrected chi connectivity index (χ3v) is 7.38. The number of rotatable bonds is 5. The molecule has 0 N–H and O–H groups in total. The zero-order valence-corrected chi connectivity index (χ0v) is 18.5. The first kappa shape index (κ1) is 21.8. The molecule has 1 aliphatic rings. The predicted octanol–water partition coefficient (Wildman–Crippen LogP) is 1.69. The number of piperazine rings is 1. The Labute approximate surface area is 185 Å². The number of benzene rings is 2. The Kier molecular flexibility index (Phi) is 5.90. The van der Waals surface area contributed by atoms with E-state index in [0.717, 1.165) is 11.3 Å². The zero-order chi connectivity index (χ0) is 22.9. The molecule has 0 aliphatic carbocycles. The van der Waals surface area contributed by atoms with E-state index in [2.05, 4.69) is 0 Å². The highest BCUT2D eigenvalue weighted by Gasteiger charge is 2.30. The molecule has 0 unspecified atom stereocenters. The van der Waals surface area contributed by atoms with E-state index < -0.39 is 15.8 Å². The van der Waals surface area contributed by atoms with Crippen LogP contribution in [0.15, 0.2) is 62.6 Å². The van der Waals surface area contributed by atoms with Gasteiger partial charge in [0.25, 0.3) is 0 Å². The minimum absolute atomic E-state index is 0.0542. The molecule has 1 amide bonds. The molecule has 32 heavy (non-hydrogen) atoms. The summed E-state index contributed by atoms with van der Waals surface area (Å²) in [5.74, 6) is 0.00840. The normalized spacial score (nSPS) is 15.5. The molecule has 4 rings (SSSR count). The maximum Gasteiger partial charge on any atom is 0.419 e. The SMILES string of the molecule is COc1ccc(C=CC(=O)N2CCN(S(=O)(=O)c3ccc4c(c3)oc(=O)n4C)CC2)cc1. The molecule has 1 aliphatic heterocycles. The van der Waals surface area contributed by atoms with Crippen LogP contribution in [0.4, 0.5) is 0 Å². The molecule has 1 saturated heterocycles. The Bertz CT molecular complexity index is 1330. The Hall–Kier alpha value is -3.37. The molecule has 0 radical (unpaired) electrons. The molecule has 3 aromatic rings. The molecule has 0 bridgehead atoms. The van der Waals surface area contributed by atoms with Crippen molar-refractivity contribution in [2.45, 2.75) is 4.90 Å². The van der Waals surface area contributed by atoms with Crippen LogP contribution in [0.1, 0.15) is 5.56 Å². The van der Waals surface area contributed by atoms with Crippen molar-refractivity contribution in [3.05, 3.63) is 64.7 Å². The van der Waals surface area contributed by atoms with Gasteiger partial charge >= 0.3 is 5.76 Å². The van der Waals surface area contributed by atoms with Gasteiger partial charge in [-0.2, -0.15) is 4.31 Å². The number of aromatic nitrogens is 1. The average molecular weight is 458 g/mol. The van der Waals surface area contributed by atoms with E-state index in [1.54, 1.807) is 31.2 Å². The van der Waals surface area contributed by atoms with Gasteiger partial charge in [0.05, 0.1) is 17.5 Å². The quantitative estimate of drug-likeness (QED) is 0.541. The number of carbonyl (C=O) groups excluding carboxylic acids is 1. The number of hydrogen-bond acceptors (Lipinski definition) is 6. The number of amides is 1. The molecule has 1 aromatic heterocycles. The second-order valence-corrected chi connectivity index (χ2v) is 9.33. The zero-order valence-electron chi connectivity index (χ0n) is 17.7. The first-order valence-corrected chi connectivity index (χ1v) is 11.4. The first-order valence-electron chi connectivity index (χ1n) is 10.0. The molecule has 0 spiro atoms. The summed E-state index contributed by atoms with van der Waals surface area (Å²) in [4.78, 5) is 25.8. The Balaban J connectivity index is 1.41. The summed E-state index contributed by atoms with van der Waals surface area (Å²) in [6.45, 7) is 0.934. The summed E-state index contributed by atoms with van der Waals surface area (Å²) >= 11 is 0. The highest BCUT2D eigenvalue weighted by molar-refractivity contribution is 7.89. The van der Waals surface area contributed by atoms with Crippen molar-refractivity contribution in [2.24, 2.45) is 7.05 Å². The second-order valence-electron chi connectivity index (χ2n) is 7.39. The predicted molar refractivity (Wildman–Crippen MR) is 119 cm³/mol. The van der Waals surface area contributed by atoms with Crippen molar-refractivity contribution in [3.63, 3.8) is 0 Å². The van der Waals surface area contributed by atoms with Crippen LogP contribution in [0.25, 0.3) is 17.2 Å². The number of aryl methyl sites for hydroxylation is 1. The summed E-state index contributed by atoms with van der Waals surface area (Å²) in [5.41, 5.74) is 1.60. The van der Waals surface area contributed by atoms with E-state index in [9.17, 15) is 18.0 Å². The average Bonchev–Trinajstić information content (AvgIpc) is 3.10. The fourth-order valence-electron chi connectivity index (χ4n) is 3.56. The maximum absolute atomic E-state index is 13.0. The lowest BCUT2D eigenvalue weighted by molar-refractivity contribution is -0.127. The standard InChI is InChI=1S/C22H23N3O6S/c1-23-19-9-8-18(15-20(19)31-22(23)27)32(28,29)25-13-11-24(12-14-25)21(26)10-5-16-3-6-17(30-2)7-4-16/h3-10,15H,11-14H2,1-2H3. The van der Waals surface area contributed by atoms with E-state index in [1.165, 1.54) is 27.1 Å². The van der Waals surface area contributed by atoms with Crippen LogP contribution in [0, 0.1) is 0 Å². The van der Waals surface area contributed by atoms with Gasteiger partial charge in [0, 0.05) is 45.4 Å². The van der Waals surface area contributed by atoms with Crippen LogP contribution in [-0.4, -0.2) is 61.4 Å². The van der Waals surface area contributed by atoms with E-state index in [-0.39, 0.29) is 42.6 Å². The minimum Gasteiger partial charge on any atom is -0.497 e. The number of fused-ring (bicyclic) bond motifs is 1. The monoisotopic (exact) mass is 457 g/mol. The largest absolute Gasteiger partial charge is 0.497 e. The van der Waals surface area contributed by atoms with Gasteiger partial charge in [0.1, 0.15) is 5.75 Å². The van der Waals surface area contributed by atoms with Crippen LogP contribution in [0.5, 0.6) is 5.75 Å². The van der Waals surface area contributed by atoms with E-state index in [1.807, 2.05) is 24.3 Å². The molecular formula is C22H23N3O6S. The van der Waals surface area contributed by atoms with Crippen molar-refractivity contribution in [3.8, 4) is 5.75 Å². The number of hydrogen-bond donors (Lipinski definition) is 0. The molecule has 168 valence electrons. The van der Waals surface area contributed by atoms with Crippen molar-refractivity contribution < 1.29 is 22.4 Å². The van der Waals surface area contributed by atoms with Crippen molar-refractivity contribution in [1.29, 1.82) is 0 Å². The Morgan fingerprint density at radius 2 is 1.75 bits per heavy atom.